The smallest absolute Gasteiger partial charge is 0.216 e. The van der Waals surface area contributed by atoms with Crippen molar-refractivity contribution < 1.29 is 9.12 Å². The molecule has 2 N–H and O–H groups in total. The molecule has 0 aromatic carbocycles. The van der Waals surface area contributed by atoms with E-state index in [1.54, 1.807) is 6.92 Å². The van der Waals surface area contributed by atoms with Crippen LogP contribution in [0.1, 0.15) is 18.7 Å². The molecule has 1 rings (SSSR count). The van der Waals surface area contributed by atoms with Crippen LogP contribution in [0.5, 0.6) is 0 Å². The Bertz CT molecular complexity index is 263. The Morgan fingerprint density at radius 1 is 1.64 bits per heavy atom. The van der Waals surface area contributed by atoms with E-state index in [0.717, 1.165) is 6.20 Å². The molecule has 1 heterocycles. The Morgan fingerprint density at radius 3 is 2.73 bits per heavy atom. The summed E-state index contributed by atoms with van der Waals surface area (Å²) < 4.78 is 12.8. The Morgan fingerprint density at radius 2 is 2.27 bits per heavy atom. The lowest BCUT2D eigenvalue weighted by Crippen LogP contribution is -2.35. The van der Waals surface area contributed by atoms with Gasteiger partial charge in [-0.15, -0.1) is 0 Å². The first-order valence-corrected chi connectivity index (χ1v) is 3.25. The van der Waals surface area contributed by atoms with Crippen LogP contribution in [0, 0.1) is 11.0 Å². The first-order chi connectivity index (χ1) is 5.11. The molecule has 0 aliphatic rings. The van der Waals surface area contributed by atoms with E-state index >= 15 is 0 Å². The summed E-state index contributed by atoms with van der Waals surface area (Å²) in [6.45, 7) is 1.67. The van der Waals surface area contributed by atoms with Crippen LogP contribution in [-0.4, -0.2) is 0 Å². The van der Waals surface area contributed by atoms with Gasteiger partial charge in [-0.1, -0.05) is 0 Å². The fourth-order valence-corrected chi connectivity index (χ4v) is 0.821. The van der Waals surface area contributed by atoms with Crippen LogP contribution >= 0.6 is 0 Å². The minimum absolute atomic E-state index is 0.367. The highest BCUT2D eigenvalue weighted by Crippen LogP contribution is 2.03. The zero-order valence-corrected chi connectivity index (χ0v) is 6.12. The number of pyridine rings is 1. The van der Waals surface area contributed by atoms with E-state index in [2.05, 4.69) is 0 Å². The standard InChI is InChI=1S/C7H9FN2O/c1-5(9)7-3-2-6(8)4-10(7)11/h2-5H,9H2,1H3. The second-order valence-corrected chi connectivity index (χ2v) is 2.39. The van der Waals surface area contributed by atoms with E-state index in [-0.39, 0.29) is 6.04 Å². The number of rotatable bonds is 1. The maximum Gasteiger partial charge on any atom is 0.216 e. The van der Waals surface area contributed by atoms with Crippen molar-refractivity contribution in [3.8, 4) is 0 Å². The van der Waals surface area contributed by atoms with Crippen LogP contribution in [0.4, 0.5) is 4.39 Å². The summed E-state index contributed by atoms with van der Waals surface area (Å²) in [5.74, 6) is -0.551. The first kappa shape index (κ1) is 7.94. The predicted molar refractivity (Wildman–Crippen MR) is 38.0 cm³/mol. The van der Waals surface area contributed by atoms with Crippen molar-refractivity contribution in [2.75, 3.05) is 0 Å². The molecule has 0 aliphatic heterocycles. The van der Waals surface area contributed by atoms with Crippen molar-refractivity contribution in [3.63, 3.8) is 0 Å². The van der Waals surface area contributed by atoms with Crippen LogP contribution in [0.2, 0.25) is 0 Å². The van der Waals surface area contributed by atoms with Gasteiger partial charge in [-0.05, 0) is 13.0 Å². The molecule has 1 atom stereocenters. The molecule has 1 aromatic rings. The third-order valence-electron chi connectivity index (χ3n) is 1.37. The lowest BCUT2D eigenvalue weighted by molar-refractivity contribution is -0.617. The number of hydrogen-bond acceptors (Lipinski definition) is 2. The molecule has 60 valence electrons. The van der Waals surface area contributed by atoms with Crippen molar-refractivity contribution in [1.82, 2.24) is 0 Å². The molecule has 4 heteroatoms. The monoisotopic (exact) mass is 156 g/mol. The van der Waals surface area contributed by atoms with Gasteiger partial charge in [0.1, 0.15) is 0 Å². The maximum atomic E-state index is 12.3. The van der Waals surface area contributed by atoms with Gasteiger partial charge in [0.15, 0.2) is 5.82 Å². The fraction of sp³-hybridized carbons (Fsp3) is 0.286. The van der Waals surface area contributed by atoms with E-state index < -0.39 is 5.82 Å². The second-order valence-electron chi connectivity index (χ2n) is 2.39. The van der Waals surface area contributed by atoms with Crippen molar-refractivity contribution >= 4 is 0 Å². The Balaban J connectivity index is 3.09. The molecule has 1 aromatic heterocycles. The predicted octanol–water partition coefficient (Wildman–Crippen LogP) is 0.479. The van der Waals surface area contributed by atoms with E-state index in [4.69, 9.17) is 5.73 Å². The van der Waals surface area contributed by atoms with E-state index in [0.29, 0.717) is 10.4 Å². The summed E-state index contributed by atoms with van der Waals surface area (Å²) >= 11 is 0. The molecule has 0 aliphatic carbocycles. The van der Waals surface area contributed by atoms with Gasteiger partial charge in [0.05, 0.1) is 6.04 Å². The molecule has 0 fully saturated rings. The van der Waals surface area contributed by atoms with Crippen LogP contribution < -0.4 is 10.5 Å². The van der Waals surface area contributed by atoms with Crippen molar-refractivity contribution in [1.29, 1.82) is 0 Å². The van der Waals surface area contributed by atoms with Gasteiger partial charge in [0, 0.05) is 6.07 Å². The van der Waals surface area contributed by atoms with Crippen LogP contribution in [0.25, 0.3) is 0 Å². The lowest BCUT2D eigenvalue weighted by Gasteiger charge is -2.05. The fourth-order valence-electron chi connectivity index (χ4n) is 0.821. The summed E-state index contributed by atoms with van der Waals surface area (Å²) in [7, 11) is 0. The molecule has 0 spiro atoms. The van der Waals surface area contributed by atoms with E-state index in [1.165, 1.54) is 12.1 Å². The highest BCUT2D eigenvalue weighted by molar-refractivity contribution is 5.02. The topological polar surface area (TPSA) is 53.0 Å². The summed E-state index contributed by atoms with van der Waals surface area (Å²) in [6.07, 6.45) is 0.860. The average Bonchev–Trinajstić information content (AvgIpc) is 1.85. The molecular weight excluding hydrogens is 147 g/mol. The minimum atomic E-state index is -0.551. The van der Waals surface area contributed by atoms with Gasteiger partial charge < -0.3 is 10.9 Å². The van der Waals surface area contributed by atoms with Crippen LogP contribution in [0.3, 0.4) is 0 Å². The van der Waals surface area contributed by atoms with Gasteiger partial charge in [-0.25, -0.2) is 4.39 Å². The summed E-state index contributed by atoms with van der Waals surface area (Å²) in [6, 6.07) is 2.23. The highest BCUT2D eigenvalue weighted by atomic mass is 19.1. The second kappa shape index (κ2) is 2.84. The molecule has 0 amide bonds. The molecular formula is C7H9FN2O. The molecule has 0 radical (unpaired) electrons. The number of nitrogens with zero attached hydrogens (tertiary/aromatic N) is 1. The normalized spacial score (nSPS) is 13.0. The van der Waals surface area contributed by atoms with Gasteiger partial charge in [0.25, 0.3) is 0 Å². The quantitative estimate of drug-likeness (QED) is 0.475. The molecule has 0 saturated carbocycles. The largest absolute Gasteiger partial charge is 0.618 e. The Labute approximate surface area is 63.8 Å². The third kappa shape index (κ3) is 1.65. The van der Waals surface area contributed by atoms with Gasteiger partial charge in [-0.2, -0.15) is 4.73 Å². The number of hydrogen-bond donors (Lipinski definition) is 1. The number of aromatic nitrogens is 1. The molecule has 0 bridgehead atoms. The van der Waals surface area contributed by atoms with Gasteiger partial charge >= 0.3 is 0 Å². The average molecular weight is 156 g/mol. The van der Waals surface area contributed by atoms with Crippen molar-refractivity contribution in [2.45, 2.75) is 13.0 Å². The highest BCUT2D eigenvalue weighted by Gasteiger charge is 2.10. The van der Waals surface area contributed by atoms with Crippen LogP contribution in [0.15, 0.2) is 18.3 Å². The molecule has 3 nitrogen and oxygen atoms in total. The third-order valence-corrected chi connectivity index (χ3v) is 1.37. The van der Waals surface area contributed by atoms with Crippen molar-refractivity contribution in [2.24, 2.45) is 5.73 Å². The zero-order valence-electron chi connectivity index (χ0n) is 6.12. The Hall–Kier alpha value is -1.16. The summed E-state index contributed by atoms with van der Waals surface area (Å²) in [5, 5.41) is 10.9. The molecule has 0 saturated heterocycles. The summed E-state index contributed by atoms with van der Waals surface area (Å²) in [4.78, 5) is 0. The SMILES string of the molecule is CC(N)c1ccc(F)c[n+]1[O-]. The lowest BCUT2D eigenvalue weighted by atomic mass is 10.2. The number of nitrogens with two attached hydrogens (primary N) is 1. The van der Waals surface area contributed by atoms with Crippen LogP contribution in [-0.2, 0) is 0 Å². The minimum Gasteiger partial charge on any atom is -0.618 e. The number of halogens is 1. The maximum absolute atomic E-state index is 12.3. The van der Waals surface area contributed by atoms with E-state index in [1.807, 2.05) is 0 Å². The van der Waals surface area contributed by atoms with Crippen molar-refractivity contribution in [3.05, 3.63) is 35.0 Å². The Kier molecular flexibility index (Phi) is 2.05. The molecule has 1 unspecified atom stereocenters. The van der Waals surface area contributed by atoms with Gasteiger partial charge in [0.2, 0.25) is 11.9 Å². The first-order valence-electron chi connectivity index (χ1n) is 3.25. The van der Waals surface area contributed by atoms with Gasteiger partial charge in [-0.3, -0.25) is 0 Å². The zero-order chi connectivity index (χ0) is 8.43. The van der Waals surface area contributed by atoms with E-state index in [9.17, 15) is 9.60 Å². The molecule has 11 heavy (non-hydrogen) atoms. The summed E-state index contributed by atoms with van der Waals surface area (Å²) in [5.41, 5.74) is 5.79.